The van der Waals surface area contributed by atoms with Crippen LogP contribution in [0.25, 0.3) is 11.0 Å². The number of nitrogens with two attached hydrogens (primary N) is 1. The quantitative estimate of drug-likeness (QED) is 0.195. The molecule has 8 N–H and O–H groups in total. The van der Waals surface area contributed by atoms with Crippen molar-refractivity contribution < 1.29 is 29.4 Å². The minimum atomic E-state index is -1.28. The molecule has 0 spiro atoms. The van der Waals surface area contributed by atoms with Gasteiger partial charge in [0.2, 0.25) is 17.8 Å². The highest BCUT2D eigenvalue weighted by molar-refractivity contribution is 5.84. The van der Waals surface area contributed by atoms with E-state index in [0.29, 0.717) is 42.5 Å². The van der Waals surface area contributed by atoms with E-state index >= 15 is 0 Å². The minimum Gasteiger partial charge on any atom is -0.481 e. The van der Waals surface area contributed by atoms with E-state index in [9.17, 15) is 24.0 Å². The molecular formula is C19H26N6O7. The lowest BCUT2D eigenvalue weighted by Gasteiger charge is -2.13. The molecule has 0 aliphatic rings. The topological polar surface area (TPSA) is 220 Å². The Morgan fingerprint density at radius 1 is 1.06 bits per heavy atom. The summed E-state index contributed by atoms with van der Waals surface area (Å²) in [5.74, 6) is -3.14. The number of nitrogens with zero attached hydrogens (tertiary/aromatic N) is 1. The number of hydrogen-bond acceptors (Lipinski definition) is 7. The molecular weight excluding hydrogens is 424 g/mol. The Morgan fingerprint density at radius 2 is 1.81 bits per heavy atom. The summed E-state index contributed by atoms with van der Waals surface area (Å²) in [6.07, 6.45) is 1.34. The molecule has 0 radical (unpaired) electrons. The van der Waals surface area contributed by atoms with E-state index in [-0.39, 0.29) is 37.5 Å². The largest absolute Gasteiger partial charge is 0.481 e. The first-order chi connectivity index (χ1) is 15.2. The number of H-pyrrole nitrogens is 2. The van der Waals surface area contributed by atoms with Crippen LogP contribution in [0.3, 0.4) is 0 Å². The fourth-order valence-corrected chi connectivity index (χ4v) is 3.03. The smallest absolute Gasteiger partial charge is 0.326 e. The number of nitrogen functional groups attached to an aromatic ring is 1. The SMILES string of the molecule is Nc1nc2[nH]c(CC(=O)NCCCCCC(=O)N[C@@H](CCC(=O)O)C(=O)O)cc2c(=O)[nH]1. The number of amides is 2. The maximum Gasteiger partial charge on any atom is 0.326 e. The normalized spacial score (nSPS) is 11.8. The summed E-state index contributed by atoms with van der Waals surface area (Å²) in [6.45, 7) is 0.392. The van der Waals surface area contributed by atoms with Crippen LogP contribution in [-0.4, -0.2) is 61.5 Å². The van der Waals surface area contributed by atoms with Crippen molar-refractivity contribution in [2.75, 3.05) is 12.3 Å². The number of anilines is 1. The standard InChI is InChI=1S/C19H26N6O7/c20-19-24-16-11(17(30)25-19)8-10(22-16)9-14(27)21-7-3-1-2-4-13(26)23-12(18(31)32)5-6-15(28)29/h8,12H,1-7,9H2,(H,21,27)(H,23,26)(H,28,29)(H,31,32)(H4,20,22,24,25,30)/t12-/m0/s1. The summed E-state index contributed by atoms with van der Waals surface area (Å²) >= 11 is 0. The van der Waals surface area contributed by atoms with E-state index in [2.05, 4.69) is 25.6 Å². The average molecular weight is 450 g/mol. The van der Waals surface area contributed by atoms with E-state index in [1.165, 1.54) is 0 Å². The summed E-state index contributed by atoms with van der Waals surface area (Å²) in [4.78, 5) is 66.5. The van der Waals surface area contributed by atoms with Crippen molar-refractivity contribution in [2.24, 2.45) is 0 Å². The van der Waals surface area contributed by atoms with Gasteiger partial charge in [0, 0.05) is 25.1 Å². The van der Waals surface area contributed by atoms with Gasteiger partial charge in [-0.15, -0.1) is 0 Å². The first-order valence-corrected chi connectivity index (χ1v) is 10.0. The predicted molar refractivity (Wildman–Crippen MR) is 113 cm³/mol. The van der Waals surface area contributed by atoms with E-state index in [4.69, 9.17) is 15.9 Å². The zero-order valence-corrected chi connectivity index (χ0v) is 17.3. The molecule has 0 unspecified atom stereocenters. The van der Waals surface area contributed by atoms with Crippen LogP contribution in [0.1, 0.15) is 44.2 Å². The van der Waals surface area contributed by atoms with Crippen molar-refractivity contribution in [3.63, 3.8) is 0 Å². The molecule has 0 bridgehead atoms. The Hall–Kier alpha value is -3.90. The highest BCUT2D eigenvalue weighted by Gasteiger charge is 2.20. The van der Waals surface area contributed by atoms with E-state index in [1.807, 2.05) is 0 Å². The number of nitrogens with one attached hydrogen (secondary N) is 4. The Kier molecular flexibility index (Phi) is 8.74. The maximum atomic E-state index is 12.1. The molecule has 1 atom stereocenters. The molecule has 2 rings (SSSR count). The number of carboxylic acids is 2. The van der Waals surface area contributed by atoms with Crippen LogP contribution in [0, 0.1) is 0 Å². The number of aliphatic carboxylic acids is 2. The lowest BCUT2D eigenvalue weighted by Crippen LogP contribution is -2.41. The minimum absolute atomic E-state index is 0.0206. The van der Waals surface area contributed by atoms with E-state index in [0.717, 1.165) is 0 Å². The molecule has 0 aliphatic heterocycles. The molecule has 13 heteroatoms. The van der Waals surface area contributed by atoms with Crippen molar-refractivity contribution in [1.29, 1.82) is 0 Å². The number of aromatic nitrogens is 3. The molecule has 32 heavy (non-hydrogen) atoms. The third kappa shape index (κ3) is 7.74. The van der Waals surface area contributed by atoms with E-state index in [1.54, 1.807) is 6.07 Å². The van der Waals surface area contributed by atoms with Crippen LogP contribution < -0.4 is 21.9 Å². The second kappa shape index (κ2) is 11.5. The molecule has 0 saturated carbocycles. The van der Waals surface area contributed by atoms with Crippen molar-refractivity contribution >= 4 is 40.7 Å². The van der Waals surface area contributed by atoms with Crippen LogP contribution in [0.15, 0.2) is 10.9 Å². The number of unbranched alkanes of at least 4 members (excludes halogenated alkanes) is 2. The van der Waals surface area contributed by atoms with Crippen LogP contribution >= 0.6 is 0 Å². The molecule has 2 heterocycles. The first-order valence-electron chi connectivity index (χ1n) is 10.0. The second-order valence-corrected chi connectivity index (χ2v) is 7.24. The van der Waals surface area contributed by atoms with Crippen LogP contribution in [0.4, 0.5) is 5.95 Å². The Morgan fingerprint density at radius 3 is 2.50 bits per heavy atom. The number of aromatic amines is 2. The van der Waals surface area contributed by atoms with Gasteiger partial charge in [-0.1, -0.05) is 6.42 Å². The third-order valence-electron chi connectivity index (χ3n) is 4.61. The summed E-state index contributed by atoms with van der Waals surface area (Å²) in [7, 11) is 0. The van der Waals surface area contributed by atoms with Gasteiger partial charge < -0.3 is 31.6 Å². The average Bonchev–Trinajstić information content (AvgIpc) is 3.09. The fourth-order valence-electron chi connectivity index (χ4n) is 3.03. The molecule has 2 aromatic rings. The summed E-state index contributed by atoms with van der Waals surface area (Å²) in [6, 6.07) is 0.310. The van der Waals surface area contributed by atoms with Crippen LogP contribution in [-0.2, 0) is 25.6 Å². The zero-order chi connectivity index (χ0) is 23.7. The molecule has 0 fully saturated rings. The Balaban J connectivity index is 1.64. The molecule has 0 saturated heterocycles. The zero-order valence-electron chi connectivity index (χ0n) is 17.3. The maximum absolute atomic E-state index is 12.1. The first kappa shape index (κ1) is 24.4. The Labute approximate surface area is 181 Å². The lowest BCUT2D eigenvalue weighted by molar-refractivity contribution is -0.143. The summed E-state index contributed by atoms with van der Waals surface area (Å²) in [5, 5.41) is 23.0. The molecule has 0 aliphatic carbocycles. The van der Waals surface area contributed by atoms with Gasteiger partial charge in [0.05, 0.1) is 11.8 Å². The third-order valence-corrected chi connectivity index (χ3v) is 4.61. The summed E-state index contributed by atoms with van der Waals surface area (Å²) in [5.41, 5.74) is 5.92. The van der Waals surface area contributed by atoms with Gasteiger partial charge in [0.25, 0.3) is 5.56 Å². The second-order valence-electron chi connectivity index (χ2n) is 7.24. The number of hydrogen-bond donors (Lipinski definition) is 7. The van der Waals surface area contributed by atoms with Gasteiger partial charge in [0.1, 0.15) is 11.7 Å². The van der Waals surface area contributed by atoms with Crippen molar-refractivity contribution in [3.05, 3.63) is 22.1 Å². The van der Waals surface area contributed by atoms with Gasteiger partial charge in [-0.05, 0) is 25.3 Å². The van der Waals surface area contributed by atoms with E-state index < -0.39 is 29.4 Å². The Bertz CT molecular complexity index is 1040. The molecule has 0 aromatic carbocycles. The highest BCUT2D eigenvalue weighted by Crippen LogP contribution is 2.10. The van der Waals surface area contributed by atoms with Gasteiger partial charge in [-0.25, -0.2) is 4.79 Å². The molecule has 13 nitrogen and oxygen atoms in total. The van der Waals surface area contributed by atoms with Crippen LogP contribution in [0.5, 0.6) is 0 Å². The number of rotatable bonds is 13. The highest BCUT2D eigenvalue weighted by atomic mass is 16.4. The monoisotopic (exact) mass is 450 g/mol. The number of carbonyl (C=O) groups excluding carboxylic acids is 2. The molecule has 174 valence electrons. The summed E-state index contributed by atoms with van der Waals surface area (Å²) < 4.78 is 0. The molecule has 2 aromatic heterocycles. The fraction of sp³-hybridized carbons (Fsp3) is 0.474. The van der Waals surface area contributed by atoms with Gasteiger partial charge in [-0.3, -0.25) is 24.2 Å². The van der Waals surface area contributed by atoms with Gasteiger partial charge >= 0.3 is 11.9 Å². The van der Waals surface area contributed by atoms with Crippen molar-refractivity contribution in [3.8, 4) is 0 Å². The van der Waals surface area contributed by atoms with Crippen molar-refractivity contribution in [1.82, 2.24) is 25.6 Å². The van der Waals surface area contributed by atoms with Gasteiger partial charge in [0.15, 0.2) is 0 Å². The predicted octanol–water partition coefficient (Wildman–Crippen LogP) is -0.513. The van der Waals surface area contributed by atoms with Gasteiger partial charge in [-0.2, -0.15) is 4.98 Å². The number of carboxylic acid groups (broad SMARTS) is 2. The van der Waals surface area contributed by atoms with Crippen molar-refractivity contribution in [2.45, 2.75) is 51.0 Å². The number of carbonyl (C=O) groups is 4. The lowest BCUT2D eigenvalue weighted by atomic mass is 10.1. The number of fused-ring (bicyclic) bond motifs is 1. The van der Waals surface area contributed by atoms with Crippen LogP contribution in [0.2, 0.25) is 0 Å². The molecule has 2 amide bonds.